The van der Waals surface area contributed by atoms with E-state index in [9.17, 15) is 4.79 Å². The van der Waals surface area contributed by atoms with Gasteiger partial charge in [0.2, 0.25) is 0 Å². The molecule has 88 valence electrons. The van der Waals surface area contributed by atoms with Crippen LogP contribution in [0.25, 0.3) is 0 Å². The molecule has 0 amide bonds. The van der Waals surface area contributed by atoms with Gasteiger partial charge in [0, 0.05) is 17.8 Å². The van der Waals surface area contributed by atoms with Crippen LogP contribution in [0.4, 0.5) is 0 Å². The van der Waals surface area contributed by atoms with Crippen LogP contribution in [-0.4, -0.2) is 46.1 Å². The molecular formula is C11H21NO2S. The van der Waals surface area contributed by atoms with E-state index >= 15 is 0 Å². The summed E-state index contributed by atoms with van der Waals surface area (Å²) in [6.07, 6.45) is 1.20. The number of nitrogens with zero attached hydrogens (tertiary/aromatic N) is 1. The molecule has 1 saturated heterocycles. The van der Waals surface area contributed by atoms with E-state index in [0.717, 1.165) is 6.54 Å². The van der Waals surface area contributed by atoms with Crippen molar-refractivity contribution in [3.8, 4) is 0 Å². The lowest BCUT2D eigenvalue weighted by molar-refractivity contribution is -0.141. The van der Waals surface area contributed by atoms with Crippen LogP contribution in [0.5, 0.6) is 0 Å². The fraction of sp³-hybridized carbons (Fsp3) is 0.909. The van der Waals surface area contributed by atoms with Crippen molar-refractivity contribution in [2.75, 3.05) is 18.8 Å². The molecule has 0 aliphatic carbocycles. The Morgan fingerprint density at radius 1 is 1.67 bits per heavy atom. The highest BCUT2D eigenvalue weighted by molar-refractivity contribution is 8.00. The van der Waals surface area contributed by atoms with E-state index in [1.165, 1.54) is 12.2 Å². The van der Waals surface area contributed by atoms with Gasteiger partial charge in [-0.3, -0.25) is 9.69 Å². The monoisotopic (exact) mass is 231 g/mol. The number of carboxylic acids is 1. The van der Waals surface area contributed by atoms with Gasteiger partial charge in [-0.05, 0) is 18.7 Å². The van der Waals surface area contributed by atoms with Gasteiger partial charge in [-0.2, -0.15) is 11.8 Å². The Bertz CT molecular complexity index is 223. The van der Waals surface area contributed by atoms with Crippen LogP contribution in [0.2, 0.25) is 0 Å². The number of hydrogen-bond acceptors (Lipinski definition) is 3. The SMILES string of the molecule is CCN(CC(C)C(=O)O)C1CCSC1C. The van der Waals surface area contributed by atoms with Crippen molar-refractivity contribution < 1.29 is 9.90 Å². The molecule has 4 heteroatoms. The molecule has 0 aromatic carbocycles. The van der Waals surface area contributed by atoms with Crippen molar-refractivity contribution in [3.63, 3.8) is 0 Å². The second kappa shape index (κ2) is 5.75. The van der Waals surface area contributed by atoms with Crippen molar-refractivity contribution >= 4 is 17.7 Å². The lowest BCUT2D eigenvalue weighted by Gasteiger charge is -2.31. The van der Waals surface area contributed by atoms with Gasteiger partial charge in [-0.1, -0.05) is 20.8 Å². The largest absolute Gasteiger partial charge is 0.481 e. The molecule has 0 saturated carbocycles. The number of carboxylic acid groups (broad SMARTS) is 1. The Morgan fingerprint density at radius 2 is 2.33 bits per heavy atom. The van der Waals surface area contributed by atoms with E-state index in [4.69, 9.17) is 5.11 Å². The molecule has 0 bridgehead atoms. The first-order valence-corrected chi connectivity index (χ1v) is 6.69. The predicted molar refractivity (Wildman–Crippen MR) is 64.4 cm³/mol. The third kappa shape index (κ3) is 3.38. The molecule has 15 heavy (non-hydrogen) atoms. The minimum absolute atomic E-state index is 0.261. The molecule has 3 nitrogen and oxygen atoms in total. The highest BCUT2D eigenvalue weighted by atomic mass is 32.2. The number of hydrogen-bond donors (Lipinski definition) is 1. The number of aliphatic carboxylic acids is 1. The van der Waals surface area contributed by atoms with Gasteiger partial charge in [0.25, 0.3) is 0 Å². The Hall–Kier alpha value is -0.220. The molecule has 1 N–H and O–H groups in total. The van der Waals surface area contributed by atoms with Crippen LogP contribution in [0.15, 0.2) is 0 Å². The minimum atomic E-state index is -0.688. The van der Waals surface area contributed by atoms with Gasteiger partial charge in [0.05, 0.1) is 5.92 Å². The lowest BCUT2D eigenvalue weighted by atomic mass is 10.1. The number of carbonyl (C=O) groups is 1. The summed E-state index contributed by atoms with van der Waals surface area (Å²) in [5.74, 6) is 0.263. The number of rotatable bonds is 5. The zero-order chi connectivity index (χ0) is 11.4. The second-order valence-corrected chi connectivity index (χ2v) is 5.74. The summed E-state index contributed by atoms with van der Waals surface area (Å²) < 4.78 is 0. The highest BCUT2D eigenvalue weighted by Crippen LogP contribution is 2.30. The van der Waals surface area contributed by atoms with Crippen molar-refractivity contribution in [2.45, 2.75) is 38.5 Å². The summed E-state index contributed by atoms with van der Waals surface area (Å²) in [7, 11) is 0. The normalized spacial score (nSPS) is 28.3. The summed E-state index contributed by atoms with van der Waals surface area (Å²) in [6.45, 7) is 7.78. The van der Waals surface area contributed by atoms with Crippen molar-refractivity contribution in [1.29, 1.82) is 0 Å². The van der Waals surface area contributed by atoms with Crippen molar-refractivity contribution in [1.82, 2.24) is 4.90 Å². The van der Waals surface area contributed by atoms with E-state index in [-0.39, 0.29) is 5.92 Å². The molecule has 0 aromatic heterocycles. The first kappa shape index (κ1) is 12.8. The van der Waals surface area contributed by atoms with Crippen LogP contribution in [0.3, 0.4) is 0 Å². The molecule has 0 radical (unpaired) electrons. The third-order valence-electron chi connectivity index (χ3n) is 3.14. The van der Waals surface area contributed by atoms with E-state index in [1.807, 2.05) is 11.8 Å². The standard InChI is InChI=1S/C11H21NO2S/c1-4-12(7-8(2)11(13)14)10-5-6-15-9(10)3/h8-10H,4-7H2,1-3H3,(H,13,14). The van der Waals surface area contributed by atoms with Crippen LogP contribution in [0, 0.1) is 5.92 Å². The topological polar surface area (TPSA) is 40.5 Å². The predicted octanol–water partition coefficient (Wildman–Crippen LogP) is 1.92. The van der Waals surface area contributed by atoms with Gasteiger partial charge in [-0.15, -0.1) is 0 Å². The second-order valence-electron chi connectivity index (χ2n) is 4.26. The third-order valence-corrected chi connectivity index (χ3v) is 4.45. The minimum Gasteiger partial charge on any atom is -0.481 e. The molecule has 1 rings (SSSR count). The summed E-state index contributed by atoms with van der Waals surface area (Å²) in [5, 5.41) is 9.55. The Labute approximate surface area is 96.2 Å². The van der Waals surface area contributed by atoms with E-state index in [2.05, 4.69) is 18.7 Å². The fourth-order valence-electron chi connectivity index (χ4n) is 2.13. The average Bonchev–Trinajstić information content (AvgIpc) is 2.60. The van der Waals surface area contributed by atoms with Gasteiger partial charge in [0.1, 0.15) is 0 Å². The van der Waals surface area contributed by atoms with Crippen LogP contribution < -0.4 is 0 Å². The van der Waals surface area contributed by atoms with Gasteiger partial charge in [0.15, 0.2) is 0 Å². The average molecular weight is 231 g/mol. The summed E-state index contributed by atoms with van der Waals surface area (Å²) in [4.78, 5) is 13.1. The molecule has 0 spiro atoms. The Balaban J connectivity index is 2.51. The lowest BCUT2D eigenvalue weighted by Crippen LogP contribution is -2.42. The summed E-state index contributed by atoms with van der Waals surface area (Å²) >= 11 is 2.00. The highest BCUT2D eigenvalue weighted by Gasteiger charge is 2.30. The van der Waals surface area contributed by atoms with Gasteiger partial charge in [-0.25, -0.2) is 0 Å². The molecule has 3 atom stereocenters. The molecule has 1 fully saturated rings. The molecular weight excluding hydrogens is 210 g/mol. The van der Waals surface area contributed by atoms with Crippen LogP contribution in [0.1, 0.15) is 27.2 Å². The Kier molecular flexibility index (Phi) is 4.93. The molecule has 0 aromatic rings. The zero-order valence-electron chi connectivity index (χ0n) is 9.77. The summed E-state index contributed by atoms with van der Waals surface area (Å²) in [5.41, 5.74) is 0. The number of thioether (sulfide) groups is 1. The molecule has 1 heterocycles. The smallest absolute Gasteiger partial charge is 0.307 e. The molecule has 3 unspecified atom stereocenters. The maximum atomic E-state index is 10.8. The van der Waals surface area contributed by atoms with Crippen LogP contribution >= 0.6 is 11.8 Å². The molecule has 1 aliphatic rings. The first-order valence-electron chi connectivity index (χ1n) is 5.64. The zero-order valence-corrected chi connectivity index (χ0v) is 10.6. The first-order chi connectivity index (χ1) is 7.06. The maximum Gasteiger partial charge on any atom is 0.307 e. The molecule has 1 aliphatic heterocycles. The van der Waals surface area contributed by atoms with Gasteiger partial charge >= 0.3 is 5.97 Å². The van der Waals surface area contributed by atoms with E-state index in [1.54, 1.807) is 6.92 Å². The van der Waals surface area contributed by atoms with Crippen LogP contribution in [-0.2, 0) is 4.79 Å². The van der Waals surface area contributed by atoms with Crippen molar-refractivity contribution in [3.05, 3.63) is 0 Å². The maximum absolute atomic E-state index is 10.8. The van der Waals surface area contributed by atoms with E-state index < -0.39 is 5.97 Å². The quantitative estimate of drug-likeness (QED) is 0.785. The fourth-order valence-corrected chi connectivity index (χ4v) is 3.41. The van der Waals surface area contributed by atoms with Gasteiger partial charge < -0.3 is 5.11 Å². The van der Waals surface area contributed by atoms with E-state index in [0.29, 0.717) is 17.8 Å². The summed E-state index contributed by atoms with van der Waals surface area (Å²) in [6, 6.07) is 0.571. The van der Waals surface area contributed by atoms with Crippen molar-refractivity contribution in [2.24, 2.45) is 5.92 Å². The Morgan fingerprint density at radius 3 is 2.73 bits per heavy atom.